The van der Waals surface area contributed by atoms with E-state index in [1.807, 2.05) is 0 Å². The van der Waals surface area contributed by atoms with Crippen molar-refractivity contribution in [2.45, 2.75) is 19.4 Å². The average molecular weight is 425 g/mol. The lowest BCUT2D eigenvalue weighted by atomic mass is 10.1. The van der Waals surface area contributed by atoms with Crippen LogP contribution in [0.2, 0.25) is 0 Å². The van der Waals surface area contributed by atoms with Gasteiger partial charge in [0.25, 0.3) is 0 Å². The third kappa shape index (κ3) is 4.54. The molecule has 0 bridgehead atoms. The van der Waals surface area contributed by atoms with Gasteiger partial charge in [0.15, 0.2) is 23.0 Å². The number of carboxylic acids is 1. The summed E-state index contributed by atoms with van der Waals surface area (Å²) in [7, 11) is 0. The fourth-order valence-electron chi connectivity index (χ4n) is 1.95. The van der Waals surface area contributed by atoms with Crippen molar-refractivity contribution in [3.05, 3.63) is 69.7 Å². The molecule has 0 amide bonds. The summed E-state index contributed by atoms with van der Waals surface area (Å²) in [4.78, 5) is 23.1. The maximum Gasteiger partial charge on any atom is 0.347 e. The van der Waals surface area contributed by atoms with Gasteiger partial charge in [-0.25, -0.2) is 9.18 Å². The van der Waals surface area contributed by atoms with Crippen LogP contribution < -0.4 is 4.74 Å². The van der Waals surface area contributed by atoms with Crippen molar-refractivity contribution < 1.29 is 28.2 Å². The van der Waals surface area contributed by atoms with Gasteiger partial charge in [-0.1, -0.05) is 15.9 Å². The highest BCUT2D eigenvalue weighted by Gasteiger charge is 2.31. The fourth-order valence-corrected chi connectivity index (χ4v) is 2.21. The number of aliphatic carboxylic acids is 1. The predicted molar refractivity (Wildman–Crippen MR) is 96.2 cm³/mol. The van der Waals surface area contributed by atoms with Gasteiger partial charge in [0.1, 0.15) is 0 Å². The lowest BCUT2D eigenvalue weighted by molar-refractivity contribution is -0.152. The van der Waals surface area contributed by atoms with Crippen LogP contribution in [0.3, 0.4) is 0 Å². The van der Waals surface area contributed by atoms with Gasteiger partial charge in [0.05, 0.1) is 0 Å². The summed E-state index contributed by atoms with van der Waals surface area (Å²) in [6.07, 6.45) is 2.28. The number of carbonyl (C=O) groups excluding carboxylic acids is 1. The van der Waals surface area contributed by atoms with Gasteiger partial charge in [0, 0.05) is 15.6 Å². The zero-order valence-electron chi connectivity index (χ0n) is 13.9. The van der Waals surface area contributed by atoms with E-state index in [1.54, 1.807) is 24.3 Å². The molecule has 0 heterocycles. The van der Waals surface area contributed by atoms with Crippen LogP contribution in [0.25, 0.3) is 6.08 Å². The maximum absolute atomic E-state index is 14.2. The Hall–Kier alpha value is -2.54. The van der Waals surface area contributed by atoms with Crippen LogP contribution in [0.1, 0.15) is 29.8 Å². The van der Waals surface area contributed by atoms with Crippen LogP contribution in [0, 0.1) is 11.6 Å². The number of halogens is 3. The SMILES string of the molecule is CC(C)(Oc1ccc(C=CC(=O)c2ccc(Br)cc2)c(F)c1F)C(=O)O. The van der Waals surface area contributed by atoms with E-state index < -0.39 is 29.0 Å². The molecule has 0 aliphatic heterocycles. The molecule has 0 fully saturated rings. The Morgan fingerprint density at radius 1 is 1.08 bits per heavy atom. The smallest absolute Gasteiger partial charge is 0.347 e. The van der Waals surface area contributed by atoms with Crippen molar-refractivity contribution in [2.24, 2.45) is 0 Å². The Morgan fingerprint density at radius 2 is 1.69 bits per heavy atom. The molecular weight excluding hydrogens is 410 g/mol. The van der Waals surface area contributed by atoms with Gasteiger partial charge in [-0.05, 0) is 62.4 Å². The molecule has 2 aromatic carbocycles. The Balaban J connectivity index is 2.23. The molecule has 7 heteroatoms. The molecule has 0 unspecified atom stereocenters. The van der Waals surface area contributed by atoms with Crippen LogP contribution in [0.15, 0.2) is 46.9 Å². The van der Waals surface area contributed by atoms with Gasteiger partial charge in [-0.2, -0.15) is 4.39 Å². The highest BCUT2D eigenvalue weighted by atomic mass is 79.9. The van der Waals surface area contributed by atoms with Gasteiger partial charge in [-0.15, -0.1) is 0 Å². The molecule has 0 spiro atoms. The van der Waals surface area contributed by atoms with Gasteiger partial charge >= 0.3 is 5.97 Å². The summed E-state index contributed by atoms with van der Waals surface area (Å²) < 4.78 is 34.1. The largest absolute Gasteiger partial charge is 0.478 e. The van der Waals surface area contributed by atoms with Gasteiger partial charge < -0.3 is 9.84 Å². The standard InChI is InChI=1S/C19H15BrF2O4/c1-19(2,18(24)25)26-15-10-6-12(16(21)17(15)22)5-9-14(23)11-3-7-13(20)8-4-11/h3-10H,1-2H3,(H,24,25). The van der Waals surface area contributed by atoms with E-state index in [0.717, 1.165) is 22.7 Å². The Bertz CT molecular complexity index is 874. The normalized spacial score (nSPS) is 11.6. The molecule has 0 aliphatic carbocycles. The van der Waals surface area contributed by atoms with Crippen molar-refractivity contribution in [3.63, 3.8) is 0 Å². The maximum atomic E-state index is 14.2. The monoisotopic (exact) mass is 424 g/mol. The first-order valence-electron chi connectivity index (χ1n) is 7.50. The highest BCUT2D eigenvalue weighted by Crippen LogP contribution is 2.27. The van der Waals surface area contributed by atoms with E-state index >= 15 is 0 Å². The number of benzene rings is 2. The van der Waals surface area contributed by atoms with Crippen LogP contribution in [0.5, 0.6) is 5.75 Å². The number of hydrogen-bond acceptors (Lipinski definition) is 3. The molecule has 0 aliphatic rings. The van der Waals surface area contributed by atoms with Crippen LogP contribution >= 0.6 is 15.9 Å². The number of ether oxygens (including phenoxy) is 1. The molecule has 4 nitrogen and oxygen atoms in total. The molecule has 2 rings (SSSR count). The van der Waals surface area contributed by atoms with Crippen molar-refractivity contribution in [1.29, 1.82) is 0 Å². The summed E-state index contributed by atoms with van der Waals surface area (Å²) in [6, 6.07) is 8.90. The average Bonchev–Trinajstić information content (AvgIpc) is 2.58. The van der Waals surface area contributed by atoms with Crippen molar-refractivity contribution in [2.75, 3.05) is 0 Å². The second kappa shape index (κ2) is 7.78. The molecule has 1 N–H and O–H groups in total. The summed E-state index contributed by atoms with van der Waals surface area (Å²) in [5, 5.41) is 9.00. The quantitative estimate of drug-likeness (QED) is 0.530. The van der Waals surface area contributed by atoms with Gasteiger partial charge in [-0.3, -0.25) is 4.79 Å². The molecule has 136 valence electrons. The molecule has 0 aromatic heterocycles. The lowest BCUT2D eigenvalue weighted by Crippen LogP contribution is -2.38. The Kier molecular flexibility index (Phi) is 5.92. The summed E-state index contributed by atoms with van der Waals surface area (Å²) >= 11 is 3.25. The molecule has 2 aromatic rings. The lowest BCUT2D eigenvalue weighted by Gasteiger charge is -2.22. The highest BCUT2D eigenvalue weighted by molar-refractivity contribution is 9.10. The van der Waals surface area contributed by atoms with E-state index in [2.05, 4.69) is 15.9 Å². The second-order valence-corrected chi connectivity index (χ2v) is 6.82. The second-order valence-electron chi connectivity index (χ2n) is 5.90. The fraction of sp³-hybridized carbons (Fsp3) is 0.158. The van der Waals surface area contributed by atoms with Gasteiger partial charge in [0.2, 0.25) is 5.82 Å². The van der Waals surface area contributed by atoms with E-state index in [4.69, 9.17) is 9.84 Å². The first-order chi connectivity index (χ1) is 12.1. The summed E-state index contributed by atoms with van der Waals surface area (Å²) in [6.45, 7) is 2.44. The number of rotatable bonds is 6. The first-order valence-corrected chi connectivity index (χ1v) is 8.29. The first kappa shape index (κ1) is 19.8. The van der Waals surface area contributed by atoms with Crippen molar-refractivity contribution in [1.82, 2.24) is 0 Å². The number of ketones is 1. The molecular formula is C19H15BrF2O4. The van der Waals surface area contributed by atoms with Crippen molar-refractivity contribution >= 4 is 33.8 Å². The number of allylic oxidation sites excluding steroid dienone is 1. The van der Waals surface area contributed by atoms with E-state index in [9.17, 15) is 18.4 Å². The molecule has 0 atom stereocenters. The molecule has 0 saturated carbocycles. The van der Waals surface area contributed by atoms with Crippen LogP contribution in [0.4, 0.5) is 8.78 Å². The summed E-state index contributed by atoms with van der Waals surface area (Å²) in [5.74, 6) is -4.77. The zero-order valence-corrected chi connectivity index (χ0v) is 15.5. The third-order valence-corrected chi connectivity index (χ3v) is 4.03. The molecule has 0 radical (unpaired) electrons. The van der Waals surface area contributed by atoms with Crippen LogP contribution in [-0.2, 0) is 4.79 Å². The topological polar surface area (TPSA) is 63.6 Å². The number of carboxylic acid groups (broad SMARTS) is 1. The zero-order chi connectivity index (χ0) is 19.5. The third-order valence-electron chi connectivity index (χ3n) is 3.50. The van der Waals surface area contributed by atoms with Crippen molar-refractivity contribution in [3.8, 4) is 5.75 Å². The number of hydrogen-bond donors (Lipinski definition) is 1. The minimum atomic E-state index is -1.72. The van der Waals surface area contributed by atoms with E-state index in [-0.39, 0.29) is 11.3 Å². The van der Waals surface area contributed by atoms with E-state index in [1.165, 1.54) is 19.9 Å². The minimum absolute atomic E-state index is 0.159. The Labute approximate surface area is 157 Å². The predicted octanol–water partition coefficient (Wildman–Crippen LogP) is 4.87. The number of carbonyl (C=O) groups is 2. The minimum Gasteiger partial charge on any atom is -0.478 e. The Morgan fingerprint density at radius 3 is 2.27 bits per heavy atom. The van der Waals surface area contributed by atoms with E-state index in [0.29, 0.717) is 5.56 Å². The molecule has 26 heavy (non-hydrogen) atoms. The van der Waals surface area contributed by atoms with Crippen LogP contribution in [-0.4, -0.2) is 22.5 Å². The summed E-state index contributed by atoms with van der Waals surface area (Å²) in [5.41, 5.74) is -1.48. The molecule has 0 saturated heterocycles.